The van der Waals surface area contributed by atoms with Crippen LogP contribution in [-0.2, 0) is 9.47 Å². The number of methoxy groups -OCH3 is 1. The highest BCUT2D eigenvalue weighted by Gasteiger charge is 2.30. The van der Waals surface area contributed by atoms with Crippen molar-refractivity contribution in [2.24, 2.45) is 5.92 Å². The maximum atomic E-state index is 5.97. The van der Waals surface area contributed by atoms with Gasteiger partial charge in [-0.15, -0.1) is 0 Å². The van der Waals surface area contributed by atoms with Crippen LogP contribution in [0.15, 0.2) is 30.3 Å². The van der Waals surface area contributed by atoms with E-state index in [-0.39, 0.29) is 6.10 Å². The maximum absolute atomic E-state index is 5.97. The third kappa shape index (κ3) is 3.85. The van der Waals surface area contributed by atoms with Gasteiger partial charge in [0.1, 0.15) is 0 Å². The summed E-state index contributed by atoms with van der Waals surface area (Å²) < 4.78 is 11.4. The van der Waals surface area contributed by atoms with Crippen LogP contribution in [-0.4, -0.2) is 32.4 Å². The van der Waals surface area contributed by atoms with Crippen molar-refractivity contribution >= 4 is 0 Å². The van der Waals surface area contributed by atoms with Gasteiger partial charge in [0, 0.05) is 32.2 Å². The lowest BCUT2D eigenvalue weighted by Gasteiger charge is -2.30. The zero-order valence-corrected chi connectivity index (χ0v) is 13.0. The molecule has 1 aliphatic heterocycles. The van der Waals surface area contributed by atoms with E-state index in [1.807, 2.05) is 7.11 Å². The van der Waals surface area contributed by atoms with Crippen LogP contribution in [0.3, 0.4) is 0 Å². The molecule has 1 aliphatic carbocycles. The van der Waals surface area contributed by atoms with E-state index in [1.165, 1.54) is 37.7 Å². The van der Waals surface area contributed by atoms with Gasteiger partial charge in [0.25, 0.3) is 0 Å². The molecule has 21 heavy (non-hydrogen) atoms. The van der Waals surface area contributed by atoms with E-state index >= 15 is 0 Å². The third-order valence-corrected chi connectivity index (χ3v) is 5.02. The van der Waals surface area contributed by atoms with Crippen LogP contribution >= 0.6 is 0 Å². The van der Waals surface area contributed by atoms with Gasteiger partial charge < -0.3 is 14.8 Å². The fourth-order valence-electron chi connectivity index (χ4n) is 3.67. The molecule has 1 saturated carbocycles. The second kappa shape index (κ2) is 7.39. The van der Waals surface area contributed by atoms with Crippen molar-refractivity contribution in [2.75, 3.05) is 20.3 Å². The summed E-state index contributed by atoms with van der Waals surface area (Å²) in [4.78, 5) is 0. The van der Waals surface area contributed by atoms with Crippen molar-refractivity contribution in [3.05, 3.63) is 35.9 Å². The minimum Gasteiger partial charge on any atom is -0.381 e. The largest absolute Gasteiger partial charge is 0.381 e. The fraction of sp³-hybridized carbons (Fsp3) is 0.667. The third-order valence-electron chi connectivity index (χ3n) is 5.02. The number of benzene rings is 1. The second-order valence-electron chi connectivity index (χ2n) is 6.37. The lowest BCUT2D eigenvalue weighted by atomic mass is 9.91. The number of nitrogens with one attached hydrogen (secondary N) is 1. The summed E-state index contributed by atoms with van der Waals surface area (Å²) >= 11 is 0. The average Bonchev–Trinajstić information content (AvgIpc) is 3.03. The summed E-state index contributed by atoms with van der Waals surface area (Å²) in [5, 5.41) is 3.77. The van der Waals surface area contributed by atoms with Crippen LogP contribution in [0.5, 0.6) is 0 Å². The Kier molecular flexibility index (Phi) is 5.28. The van der Waals surface area contributed by atoms with Crippen molar-refractivity contribution in [1.82, 2.24) is 5.32 Å². The van der Waals surface area contributed by atoms with Crippen molar-refractivity contribution in [3.63, 3.8) is 0 Å². The van der Waals surface area contributed by atoms with Gasteiger partial charge in [0.15, 0.2) is 0 Å². The Morgan fingerprint density at radius 2 is 1.86 bits per heavy atom. The highest BCUT2D eigenvalue weighted by Crippen LogP contribution is 2.34. The molecular weight excluding hydrogens is 262 g/mol. The van der Waals surface area contributed by atoms with Crippen LogP contribution in [0.25, 0.3) is 0 Å². The molecule has 1 heterocycles. The molecule has 0 amide bonds. The molecule has 0 spiro atoms. The highest BCUT2D eigenvalue weighted by molar-refractivity contribution is 5.19. The Bertz CT molecular complexity index is 414. The summed E-state index contributed by atoms with van der Waals surface area (Å²) in [7, 11) is 1.83. The van der Waals surface area contributed by atoms with E-state index in [2.05, 4.69) is 35.6 Å². The van der Waals surface area contributed by atoms with Crippen LogP contribution in [0.4, 0.5) is 0 Å². The molecule has 1 N–H and O–H groups in total. The molecule has 3 heteroatoms. The SMILES string of the molecule is COC1CCC(NC[C@H]2CCO[C@@H]2c2ccccc2)CC1. The Labute approximate surface area is 128 Å². The normalized spacial score (nSPS) is 33.2. The quantitative estimate of drug-likeness (QED) is 0.902. The Morgan fingerprint density at radius 1 is 1.10 bits per heavy atom. The Hall–Kier alpha value is -0.900. The monoisotopic (exact) mass is 289 g/mol. The van der Waals surface area contributed by atoms with E-state index in [0.29, 0.717) is 18.1 Å². The molecule has 0 radical (unpaired) electrons. The molecule has 1 aromatic carbocycles. The van der Waals surface area contributed by atoms with Gasteiger partial charge >= 0.3 is 0 Å². The average molecular weight is 289 g/mol. The number of hydrogen-bond donors (Lipinski definition) is 1. The summed E-state index contributed by atoms with van der Waals surface area (Å²) in [6.07, 6.45) is 6.78. The maximum Gasteiger partial charge on any atom is 0.0866 e. The molecule has 2 fully saturated rings. The number of rotatable bonds is 5. The van der Waals surface area contributed by atoms with E-state index < -0.39 is 0 Å². The van der Waals surface area contributed by atoms with Crippen LogP contribution in [0.2, 0.25) is 0 Å². The zero-order chi connectivity index (χ0) is 14.5. The minimum absolute atomic E-state index is 0.272. The first-order valence-electron chi connectivity index (χ1n) is 8.29. The number of hydrogen-bond acceptors (Lipinski definition) is 3. The molecule has 0 aromatic heterocycles. The molecule has 3 nitrogen and oxygen atoms in total. The molecule has 1 saturated heterocycles. The predicted molar refractivity (Wildman–Crippen MR) is 84.3 cm³/mol. The van der Waals surface area contributed by atoms with Crippen LogP contribution < -0.4 is 5.32 Å². The van der Waals surface area contributed by atoms with Crippen molar-refractivity contribution in [3.8, 4) is 0 Å². The first kappa shape index (κ1) is 15.0. The van der Waals surface area contributed by atoms with E-state index in [1.54, 1.807) is 0 Å². The zero-order valence-electron chi connectivity index (χ0n) is 13.0. The molecule has 0 bridgehead atoms. The van der Waals surface area contributed by atoms with E-state index in [9.17, 15) is 0 Å². The minimum atomic E-state index is 0.272. The molecular formula is C18H27NO2. The van der Waals surface area contributed by atoms with Gasteiger partial charge in [-0.25, -0.2) is 0 Å². The Morgan fingerprint density at radius 3 is 2.57 bits per heavy atom. The molecule has 1 aromatic rings. The summed E-state index contributed by atoms with van der Waals surface area (Å²) in [5.41, 5.74) is 1.32. The molecule has 3 rings (SSSR count). The lowest BCUT2D eigenvalue weighted by Crippen LogP contribution is -2.38. The molecule has 2 atom stereocenters. The molecule has 116 valence electrons. The van der Waals surface area contributed by atoms with Gasteiger partial charge in [-0.3, -0.25) is 0 Å². The van der Waals surface area contributed by atoms with Gasteiger partial charge in [0.05, 0.1) is 12.2 Å². The van der Waals surface area contributed by atoms with Gasteiger partial charge in [-0.1, -0.05) is 30.3 Å². The van der Waals surface area contributed by atoms with Crippen molar-refractivity contribution < 1.29 is 9.47 Å². The van der Waals surface area contributed by atoms with Crippen LogP contribution in [0, 0.1) is 5.92 Å². The first-order valence-corrected chi connectivity index (χ1v) is 8.29. The van der Waals surface area contributed by atoms with Gasteiger partial charge in [-0.2, -0.15) is 0 Å². The van der Waals surface area contributed by atoms with Crippen molar-refractivity contribution in [1.29, 1.82) is 0 Å². The topological polar surface area (TPSA) is 30.5 Å². The van der Waals surface area contributed by atoms with E-state index in [0.717, 1.165) is 13.2 Å². The van der Waals surface area contributed by atoms with Crippen LogP contribution in [0.1, 0.15) is 43.8 Å². The molecule has 2 aliphatic rings. The molecule has 0 unspecified atom stereocenters. The van der Waals surface area contributed by atoms with E-state index in [4.69, 9.17) is 9.47 Å². The highest BCUT2D eigenvalue weighted by atomic mass is 16.5. The Balaban J connectivity index is 1.49. The standard InChI is InChI=1S/C18H27NO2/c1-20-17-9-7-16(8-10-17)19-13-15-11-12-21-18(15)14-5-3-2-4-6-14/h2-6,15-19H,7-13H2,1H3/t15-,16?,17?,18-/m1/s1. The van der Waals surface area contributed by atoms with Crippen molar-refractivity contribution in [2.45, 2.75) is 50.4 Å². The summed E-state index contributed by atoms with van der Waals surface area (Å²) in [5.74, 6) is 0.604. The number of ether oxygens (including phenoxy) is 2. The summed E-state index contributed by atoms with van der Waals surface area (Å²) in [6.45, 7) is 1.96. The fourth-order valence-corrected chi connectivity index (χ4v) is 3.67. The second-order valence-corrected chi connectivity index (χ2v) is 6.37. The van der Waals surface area contributed by atoms with Gasteiger partial charge in [0.2, 0.25) is 0 Å². The van der Waals surface area contributed by atoms with Gasteiger partial charge in [-0.05, 0) is 37.7 Å². The smallest absolute Gasteiger partial charge is 0.0866 e. The predicted octanol–water partition coefficient (Wildman–Crippen LogP) is 3.31. The lowest BCUT2D eigenvalue weighted by molar-refractivity contribution is 0.0600. The summed E-state index contributed by atoms with van der Waals surface area (Å²) in [6, 6.07) is 11.3. The first-order chi connectivity index (χ1) is 10.4.